The zero-order chi connectivity index (χ0) is 14.9. The maximum absolute atomic E-state index is 12.4. The second-order valence-corrected chi connectivity index (χ2v) is 5.33. The Morgan fingerprint density at radius 2 is 2.10 bits per heavy atom. The molecule has 20 heavy (non-hydrogen) atoms. The number of carbonyl (C=O) groups is 1. The molecule has 0 saturated carbocycles. The van der Waals surface area contributed by atoms with Crippen molar-refractivity contribution in [1.82, 2.24) is 4.98 Å². The van der Waals surface area contributed by atoms with Crippen LogP contribution in [0, 0.1) is 6.92 Å². The molecule has 1 heterocycles. The molecular formula is C14H11Cl2NO3. The van der Waals surface area contributed by atoms with Crippen LogP contribution in [0.25, 0.3) is 10.9 Å². The van der Waals surface area contributed by atoms with E-state index in [1.807, 2.05) is 0 Å². The summed E-state index contributed by atoms with van der Waals surface area (Å²) in [5.41, 5.74) is 1.67. The van der Waals surface area contributed by atoms with Crippen LogP contribution in [0.15, 0.2) is 33.6 Å². The van der Waals surface area contributed by atoms with Gasteiger partial charge in [-0.1, -0.05) is 23.2 Å². The number of hydrogen-bond donors (Lipinski definition) is 2. The molecule has 1 aromatic carbocycles. The minimum absolute atomic E-state index is 0.0729. The average molecular weight is 312 g/mol. The molecular weight excluding hydrogens is 301 g/mol. The molecule has 0 saturated heterocycles. The fourth-order valence-electron chi connectivity index (χ4n) is 2.01. The molecule has 0 bridgehead atoms. The van der Waals surface area contributed by atoms with E-state index >= 15 is 0 Å². The number of halogens is 2. The van der Waals surface area contributed by atoms with E-state index in [1.165, 1.54) is 18.2 Å². The molecule has 104 valence electrons. The number of aromatic carboxylic acids is 1. The molecule has 0 aliphatic rings. The van der Waals surface area contributed by atoms with Gasteiger partial charge < -0.3 is 10.1 Å². The van der Waals surface area contributed by atoms with Crippen molar-refractivity contribution in [2.45, 2.75) is 13.3 Å². The largest absolute Gasteiger partial charge is 0.478 e. The van der Waals surface area contributed by atoms with E-state index in [4.69, 9.17) is 28.3 Å². The number of H-pyrrole nitrogens is 1. The Balaban J connectivity index is 2.68. The van der Waals surface area contributed by atoms with Gasteiger partial charge in [0.1, 0.15) is 4.49 Å². The van der Waals surface area contributed by atoms with Gasteiger partial charge in [0.2, 0.25) is 0 Å². The number of aromatic amines is 1. The number of pyridine rings is 1. The van der Waals surface area contributed by atoms with Gasteiger partial charge in [0.05, 0.1) is 5.56 Å². The summed E-state index contributed by atoms with van der Waals surface area (Å²) in [4.78, 5) is 26.5. The van der Waals surface area contributed by atoms with Gasteiger partial charge in [-0.3, -0.25) is 4.79 Å². The number of aryl methyl sites for hydroxylation is 1. The average Bonchev–Trinajstić information content (AvgIpc) is 2.37. The van der Waals surface area contributed by atoms with Gasteiger partial charge in [-0.2, -0.15) is 0 Å². The molecule has 2 N–H and O–H groups in total. The van der Waals surface area contributed by atoms with Gasteiger partial charge in [-0.15, -0.1) is 0 Å². The van der Waals surface area contributed by atoms with Crippen molar-refractivity contribution < 1.29 is 9.90 Å². The number of aromatic nitrogens is 1. The number of rotatable bonds is 3. The van der Waals surface area contributed by atoms with Gasteiger partial charge in [-0.05, 0) is 37.6 Å². The SMILES string of the molecule is Cc1[nH]c2ccc(C(=O)O)cc2c(=O)c1CC=C(Cl)Cl. The smallest absolute Gasteiger partial charge is 0.335 e. The lowest BCUT2D eigenvalue weighted by Crippen LogP contribution is -2.13. The van der Waals surface area contributed by atoms with Gasteiger partial charge >= 0.3 is 5.97 Å². The Kier molecular flexibility index (Phi) is 4.16. The van der Waals surface area contributed by atoms with Crippen molar-refractivity contribution in [3.05, 3.63) is 55.8 Å². The number of allylic oxidation sites excluding steroid dienone is 1. The normalized spacial score (nSPS) is 10.6. The van der Waals surface area contributed by atoms with E-state index in [9.17, 15) is 9.59 Å². The quantitative estimate of drug-likeness (QED) is 0.912. The zero-order valence-corrected chi connectivity index (χ0v) is 12.0. The molecule has 0 aliphatic carbocycles. The molecule has 2 aromatic rings. The maximum atomic E-state index is 12.4. The van der Waals surface area contributed by atoms with Crippen LogP contribution in [0.5, 0.6) is 0 Å². The Morgan fingerprint density at radius 3 is 2.70 bits per heavy atom. The fourth-order valence-corrected chi connectivity index (χ4v) is 2.16. The van der Waals surface area contributed by atoms with Gasteiger partial charge in [-0.25, -0.2) is 4.79 Å². The van der Waals surface area contributed by atoms with Crippen LogP contribution in [0.2, 0.25) is 0 Å². The first kappa shape index (κ1) is 14.6. The first-order chi connectivity index (χ1) is 9.40. The number of carboxylic acid groups (broad SMARTS) is 1. The highest BCUT2D eigenvalue weighted by atomic mass is 35.5. The molecule has 0 fully saturated rings. The van der Waals surface area contributed by atoms with E-state index in [2.05, 4.69) is 4.98 Å². The molecule has 0 radical (unpaired) electrons. The molecule has 0 spiro atoms. The second-order valence-electron chi connectivity index (χ2n) is 4.32. The molecule has 2 rings (SSSR count). The standard InChI is InChI=1S/C14H11Cl2NO3/c1-7-9(3-5-12(15)16)13(18)10-6-8(14(19)20)2-4-11(10)17-7/h2,4-6H,3H2,1H3,(H,17,18)(H,19,20). The second kappa shape index (κ2) is 5.69. The predicted molar refractivity (Wildman–Crippen MR) is 79.8 cm³/mol. The minimum Gasteiger partial charge on any atom is -0.478 e. The van der Waals surface area contributed by atoms with Crippen LogP contribution >= 0.6 is 23.2 Å². The zero-order valence-electron chi connectivity index (χ0n) is 10.5. The fraction of sp³-hybridized carbons (Fsp3) is 0.143. The first-order valence-electron chi connectivity index (χ1n) is 5.80. The number of fused-ring (bicyclic) bond motifs is 1. The Bertz CT molecular complexity index is 774. The van der Waals surface area contributed by atoms with Crippen LogP contribution in [0.3, 0.4) is 0 Å². The van der Waals surface area contributed by atoms with E-state index in [0.29, 0.717) is 22.2 Å². The van der Waals surface area contributed by atoms with Gasteiger partial charge in [0.15, 0.2) is 5.43 Å². The molecule has 0 amide bonds. The highest BCUT2D eigenvalue weighted by molar-refractivity contribution is 6.55. The minimum atomic E-state index is -1.07. The maximum Gasteiger partial charge on any atom is 0.335 e. The van der Waals surface area contributed by atoms with E-state index in [0.717, 1.165) is 0 Å². The summed E-state index contributed by atoms with van der Waals surface area (Å²) in [5.74, 6) is -1.07. The first-order valence-corrected chi connectivity index (χ1v) is 6.55. The van der Waals surface area contributed by atoms with Crippen LogP contribution in [0.4, 0.5) is 0 Å². The molecule has 4 nitrogen and oxygen atoms in total. The Hall–Kier alpha value is -1.78. The van der Waals surface area contributed by atoms with Gasteiger partial charge in [0, 0.05) is 22.2 Å². The summed E-state index contributed by atoms with van der Waals surface area (Å²) in [6.07, 6.45) is 1.81. The van der Waals surface area contributed by atoms with E-state index < -0.39 is 5.97 Å². The van der Waals surface area contributed by atoms with E-state index in [1.54, 1.807) is 13.0 Å². The molecule has 1 aromatic heterocycles. The number of carboxylic acids is 1. The third kappa shape index (κ3) is 2.86. The highest BCUT2D eigenvalue weighted by Crippen LogP contribution is 2.15. The summed E-state index contributed by atoms with van der Waals surface area (Å²) < 4.78 is 0.0863. The predicted octanol–water partition coefficient (Wildman–Crippen LogP) is 3.40. The Morgan fingerprint density at radius 1 is 1.40 bits per heavy atom. The third-order valence-electron chi connectivity index (χ3n) is 3.02. The van der Waals surface area contributed by atoms with Crippen LogP contribution in [-0.2, 0) is 6.42 Å². The van der Waals surface area contributed by atoms with Crippen molar-refractivity contribution in [3.63, 3.8) is 0 Å². The van der Waals surface area contributed by atoms with E-state index in [-0.39, 0.29) is 21.9 Å². The van der Waals surface area contributed by atoms with Gasteiger partial charge in [0.25, 0.3) is 0 Å². The summed E-state index contributed by atoms with van der Waals surface area (Å²) >= 11 is 11.1. The molecule has 6 heteroatoms. The number of benzene rings is 1. The van der Waals surface area contributed by atoms with Crippen LogP contribution in [-0.4, -0.2) is 16.1 Å². The highest BCUT2D eigenvalue weighted by Gasteiger charge is 2.11. The van der Waals surface area contributed by atoms with Crippen LogP contribution in [0.1, 0.15) is 21.6 Å². The molecule has 0 aliphatic heterocycles. The lowest BCUT2D eigenvalue weighted by molar-refractivity contribution is 0.0697. The lowest BCUT2D eigenvalue weighted by Gasteiger charge is -2.07. The summed E-state index contributed by atoms with van der Waals surface area (Å²) in [6.45, 7) is 1.78. The van der Waals surface area contributed by atoms with Crippen molar-refractivity contribution >= 4 is 40.1 Å². The summed E-state index contributed by atoms with van der Waals surface area (Å²) in [7, 11) is 0. The third-order valence-corrected chi connectivity index (χ3v) is 3.33. The van der Waals surface area contributed by atoms with Crippen molar-refractivity contribution in [1.29, 1.82) is 0 Å². The molecule has 0 unspecified atom stereocenters. The molecule has 0 atom stereocenters. The summed E-state index contributed by atoms with van der Waals surface area (Å²) in [6, 6.07) is 4.40. The Labute approximate surface area is 124 Å². The van der Waals surface area contributed by atoms with Crippen molar-refractivity contribution in [2.75, 3.05) is 0 Å². The lowest BCUT2D eigenvalue weighted by atomic mass is 10.0. The number of nitrogens with one attached hydrogen (secondary N) is 1. The van der Waals surface area contributed by atoms with Crippen molar-refractivity contribution in [2.24, 2.45) is 0 Å². The monoisotopic (exact) mass is 311 g/mol. The topological polar surface area (TPSA) is 70.2 Å². The van der Waals surface area contributed by atoms with Crippen LogP contribution < -0.4 is 5.43 Å². The van der Waals surface area contributed by atoms with Crippen molar-refractivity contribution in [3.8, 4) is 0 Å². The summed E-state index contributed by atoms with van der Waals surface area (Å²) in [5, 5.41) is 9.32. The number of hydrogen-bond acceptors (Lipinski definition) is 2.